The molecule has 0 bridgehead atoms. The van der Waals surface area contributed by atoms with Crippen molar-refractivity contribution in [1.29, 1.82) is 0 Å². The van der Waals surface area contributed by atoms with Crippen LogP contribution in [-0.4, -0.2) is 9.55 Å². The highest BCUT2D eigenvalue weighted by atomic mass is 15.1. The summed E-state index contributed by atoms with van der Waals surface area (Å²) in [4.78, 5) is 5.18. The van der Waals surface area contributed by atoms with Gasteiger partial charge in [0.05, 0.1) is 16.7 Å². The molecule has 0 aliphatic heterocycles. The Hall–Kier alpha value is -5.73. The molecular formula is C41H26N2. The lowest BCUT2D eigenvalue weighted by atomic mass is 9.89. The van der Waals surface area contributed by atoms with Gasteiger partial charge in [-0.3, -0.25) is 4.57 Å². The molecule has 2 heteroatoms. The molecule has 0 spiro atoms. The molecule has 9 rings (SSSR count). The number of benzene rings is 8. The molecule has 0 saturated heterocycles. The number of nitrogens with zero attached hydrogens (tertiary/aromatic N) is 2. The molecule has 0 saturated carbocycles. The summed E-state index contributed by atoms with van der Waals surface area (Å²) in [6.45, 7) is 0. The number of hydrogen-bond donors (Lipinski definition) is 0. The van der Waals surface area contributed by atoms with Crippen molar-refractivity contribution in [2.45, 2.75) is 0 Å². The normalized spacial score (nSPS) is 11.7. The van der Waals surface area contributed by atoms with E-state index in [1.54, 1.807) is 0 Å². The Kier molecular flexibility index (Phi) is 5.23. The Balaban J connectivity index is 1.43. The van der Waals surface area contributed by atoms with Gasteiger partial charge in [0.15, 0.2) is 0 Å². The molecule has 0 N–H and O–H groups in total. The Bertz CT molecular complexity index is 2450. The Labute approximate surface area is 249 Å². The second-order valence-corrected chi connectivity index (χ2v) is 11.2. The first kappa shape index (κ1) is 23.9. The van der Waals surface area contributed by atoms with Gasteiger partial charge < -0.3 is 0 Å². The average Bonchev–Trinajstić information content (AvgIpc) is 3.46. The van der Waals surface area contributed by atoms with Crippen LogP contribution in [0.1, 0.15) is 0 Å². The lowest BCUT2D eigenvalue weighted by Crippen LogP contribution is -2.01. The highest BCUT2D eigenvalue weighted by Gasteiger charge is 2.21. The SMILES string of the molecule is c1ccc(-c2nc3ccccc3n2-c2c3ccccc3c(-c3ccc4ccc5ccccc5c4c3)c3ccccc23)cc1. The molecule has 1 aromatic heterocycles. The Morgan fingerprint density at radius 3 is 1.70 bits per heavy atom. The van der Waals surface area contributed by atoms with Gasteiger partial charge in [0, 0.05) is 16.3 Å². The fraction of sp³-hybridized carbons (Fsp3) is 0. The molecule has 0 radical (unpaired) electrons. The maximum atomic E-state index is 5.18. The number of para-hydroxylation sites is 2. The van der Waals surface area contributed by atoms with Crippen LogP contribution in [0.4, 0.5) is 0 Å². The molecule has 9 aromatic rings. The summed E-state index contributed by atoms with van der Waals surface area (Å²) in [5.41, 5.74) is 6.82. The van der Waals surface area contributed by atoms with Crippen molar-refractivity contribution in [1.82, 2.24) is 9.55 Å². The molecule has 2 nitrogen and oxygen atoms in total. The number of fused-ring (bicyclic) bond motifs is 6. The van der Waals surface area contributed by atoms with E-state index in [0.29, 0.717) is 0 Å². The summed E-state index contributed by atoms with van der Waals surface area (Å²) in [6, 6.07) is 56.7. The van der Waals surface area contributed by atoms with Crippen LogP contribution in [-0.2, 0) is 0 Å². The zero-order chi connectivity index (χ0) is 28.3. The van der Waals surface area contributed by atoms with Crippen molar-refractivity contribution >= 4 is 54.1 Å². The summed E-state index contributed by atoms with van der Waals surface area (Å²) in [5.74, 6) is 0.946. The van der Waals surface area contributed by atoms with Crippen LogP contribution in [0.2, 0.25) is 0 Å². The molecule has 0 aliphatic carbocycles. The Morgan fingerprint density at radius 1 is 0.395 bits per heavy atom. The van der Waals surface area contributed by atoms with Gasteiger partial charge in [-0.2, -0.15) is 0 Å². The summed E-state index contributed by atoms with van der Waals surface area (Å²) in [6.07, 6.45) is 0. The van der Waals surface area contributed by atoms with Crippen LogP contribution in [0.3, 0.4) is 0 Å². The van der Waals surface area contributed by atoms with Crippen LogP contribution < -0.4 is 0 Å². The summed E-state index contributed by atoms with van der Waals surface area (Å²) >= 11 is 0. The largest absolute Gasteiger partial charge is 0.291 e. The van der Waals surface area contributed by atoms with E-state index in [1.807, 2.05) is 0 Å². The van der Waals surface area contributed by atoms with E-state index in [1.165, 1.54) is 54.2 Å². The van der Waals surface area contributed by atoms with Crippen molar-refractivity contribution in [3.05, 3.63) is 158 Å². The number of imidazole rings is 1. The number of hydrogen-bond acceptors (Lipinski definition) is 1. The topological polar surface area (TPSA) is 17.8 Å². The van der Waals surface area contributed by atoms with Gasteiger partial charge in [-0.25, -0.2) is 4.98 Å². The van der Waals surface area contributed by atoms with Crippen LogP contribution >= 0.6 is 0 Å². The predicted molar refractivity (Wildman–Crippen MR) is 182 cm³/mol. The second-order valence-electron chi connectivity index (χ2n) is 11.2. The molecule has 0 aliphatic rings. The molecule has 0 fully saturated rings. The fourth-order valence-corrected chi connectivity index (χ4v) is 6.85. The van der Waals surface area contributed by atoms with Gasteiger partial charge in [0.25, 0.3) is 0 Å². The van der Waals surface area contributed by atoms with Crippen molar-refractivity contribution in [3.63, 3.8) is 0 Å². The van der Waals surface area contributed by atoms with E-state index in [4.69, 9.17) is 4.98 Å². The average molecular weight is 547 g/mol. The zero-order valence-corrected chi connectivity index (χ0v) is 23.4. The molecule has 8 aromatic carbocycles. The third-order valence-electron chi connectivity index (χ3n) is 8.75. The minimum absolute atomic E-state index is 0.946. The Morgan fingerprint density at radius 2 is 0.953 bits per heavy atom. The first-order chi connectivity index (χ1) is 21.3. The smallest absolute Gasteiger partial charge is 0.145 e. The van der Waals surface area contributed by atoms with Crippen molar-refractivity contribution < 1.29 is 0 Å². The van der Waals surface area contributed by atoms with E-state index in [-0.39, 0.29) is 0 Å². The van der Waals surface area contributed by atoms with Crippen LogP contribution in [0.25, 0.3) is 82.3 Å². The first-order valence-electron chi connectivity index (χ1n) is 14.7. The fourth-order valence-electron chi connectivity index (χ4n) is 6.85. The maximum Gasteiger partial charge on any atom is 0.145 e. The first-order valence-corrected chi connectivity index (χ1v) is 14.7. The number of rotatable bonds is 3. The van der Waals surface area contributed by atoms with Crippen LogP contribution in [0.15, 0.2) is 158 Å². The number of aromatic nitrogens is 2. The molecule has 0 atom stereocenters. The highest BCUT2D eigenvalue weighted by Crippen LogP contribution is 2.44. The van der Waals surface area contributed by atoms with Gasteiger partial charge in [-0.1, -0.05) is 140 Å². The minimum Gasteiger partial charge on any atom is -0.291 e. The molecule has 0 unspecified atom stereocenters. The van der Waals surface area contributed by atoms with Gasteiger partial charge in [0.2, 0.25) is 0 Å². The van der Waals surface area contributed by atoms with Crippen molar-refractivity contribution in [3.8, 4) is 28.2 Å². The third-order valence-corrected chi connectivity index (χ3v) is 8.75. The molecule has 1 heterocycles. The maximum absolute atomic E-state index is 5.18. The van der Waals surface area contributed by atoms with Crippen molar-refractivity contribution in [2.24, 2.45) is 0 Å². The standard InChI is InChI=1S/C41H26N2/c1-2-13-29(14-3-1)41-42-37-20-10-11-21-38(37)43(41)40-34-18-8-6-16-32(34)39(33-17-7-9-19-35(33)40)30-25-24-28-23-22-27-12-4-5-15-31(27)36(28)26-30/h1-26H. The molecular weight excluding hydrogens is 520 g/mol. The second kappa shape index (κ2) is 9.40. The van der Waals surface area contributed by atoms with Crippen molar-refractivity contribution in [2.75, 3.05) is 0 Å². The van der Waals surface area contributed by atoms with Gasteiger partial charge in [-0.05, 0) is 61.6 Å². The quantitative estimate of drug-likeness (QED) is 0.159. The zero-order valence-electron chi connectivity index (χ0n) is 23.4. The van der Waals surface area contributed by atoms with E-state index in [9.17, 15) is 0 Å². The predicted octanol–water partition coefficient (Wildman–Crippen LogP) is 11.0. The monoisotopic (exact) mass is 546 g/mol. The van der Waals surface area contributed by atoms with E-state index in [0.717, 1.165) is 28.1 Å². The lowest BCUT2D eigenvalue weighted by molar-refractivity contribution is 1.13. The van der Waals surface area contributed by atoms with E-state index >= 15 is 0 Å². The summed E-state index contributed by atoms with van der Waals surface area (Å²) in [7, 11) is 0. The van der Waals surface area contributed by atoms with Gasteiger partial charge in [-0.15, -0.1) is 0 Å². The van der Waals surface area contributed by atoms with Crippen LogP contribution in [0, 0.1) is 0 Å². The van der Waals surface area contributed by atoms with Gasteiger partial charge >= 0.3 is 0 Å². The third kappa shape index (κ3) is 3.63. The van der Waals surface area contributed by atoms with Crippen LogP contribution in [0.5, 0.6) is 0 Å². The van der Waals surface area contributed by atoms with Gasteiger partial charge in [0.1, 0.15) is 5.82 Å². The summed E-state index contributed by atoms with van der Waals surface area (Å²) in [5, 5.41) is 9.94. The highest BCUT2D eigenvalue weighted by molar-refractivity contribution is 6.20. The molecule has 43 heavy (non-hydrogen) atoms. The molecule has 200 valence electrons. The van der Waals surface area contributed by atoms with E-state index in [2.05, 4.69) is 162 Å². The molecule has 0 amide bonds. The van der Waals surface area contributed by atoms with E-state index < -0.39 is 0 Å². The summed E-state index contributed by atoms with van der Waals surface area (Å²) < 4.78 is 2.37. The lowest BCUT2D eigenvalue weighted by Gasteiger charge is -2.20. The minimum atomic E-state index is 0.946.